The van der Waals surface area contributed by atoms with Gasteiger partial charge in [-0.25, -0.2) is 17.2 Å². The van der Waals surface area contributed by atoms with Crippen molar-refractivity contribution in [3.63, 3.8) is 0 Å². The van der Waals surface area contributed by atoms with E-state index in [4.69, 9.17) is 11.6 Å². The van der Waals surface area contributed by atoms with E-state index in [-0.39, 0.29) is 42.2 Å². The standard InChI is InChI=1S/C19H19ClF2N2O4S/c1-19(26)6-8-24(9-7-19)29(27,28)17-10-12(2-4-16(17)22)18(25)23-13-3-5-15(21)14(20)11-13/h2-5,10-11,26H,6-9H2,1H3,(H,23,25). The molecule has 1 aliphatic heterocycles. The van der Waals surface area contributed by atoms with Gasteiger partial charge in [0.1, 0.15) is 16.5 Å². The zero-order valence-corrected chi connectivity index (χ0v) is 17.0. The average molecular weight is 445 g/mol. The molecule has 0 atom stereocenters. The number of amides is 1. The average Bonchev–Trinajstić information content (AvgIpc) is 2.64. The number of hydrogen-bond acceptors (Lipinski definition) is 4. The highest BCUT2D eigenvalue weighted by Crippen LogP contribution is 2.28. The van der Waals surface area contributed by atoms with Crippen molar-refractivity contribution in [2.75, 3.05) is 18.4 Å². The number of benzene rings is 2. The van der Waals surface area contributed by atoms with E-state index >= 15 is 0 Å². The summed E-state index contributed by atoms with van der Waals surface area (Å²) >= 11 is 5.68. The minimum Gasteiger partial charge on any atom is -0.390 e. The quantitative estimate of drug-likeness (QED) is 0.756. The van der Waals surface area contributed by atoms with Crippen LogP contribution in [0.4, 0.5) is 14.5 Å². The van der Waals surface area contributed by atoms with Crippen molar-refractivity contribution in [1.82, 2.24) is 4.31 Å². The SMILES string of the molecule is CC1(O)CCN(S(=O)(=O)c2cc(C(=O)Nc3ccc(F)c(Cl)c3)ccc2F)CC1. The number of rotatable bonds is 4. The molecular formula is C19H19ClF2N2O4S. The van der Waals surface area contributed by atoms with E-state index in [0.717, 1.165) is 28.6 Å². The van der Waals surface area contributed by atoms with E-state index < -0.39 is 38.1 Å². The minimum atomic E-state index is -4.19. The van der Waals surface area contributed by atoms with E-state index in [9.17, 15) is 27.1 Å². The normalized spacial score (nSPS) is 17.1. The Hall–Kier alpha value is -2.07. The van der Waals surface area contributed by atoms with Crippen LogP contribution in [0.25, 0.3) is 0 Å². The maximum absolute atomic E-state index is 14.3. The van der Waals surface area contributed by atoms with Gasteiger partial charge in [0.05, 0.1) is 10.6 Å². The Balaban J connectivity index is 1.85. The molecule has 1 amide bonds. The number of sulfonamides is 1. The largest absolute Gasteiger partial charge is 0.390 e. The van der Waals surface area contributed by atoms with Crippen molar-refractivity contribution in [3.05, 3.63) is 58.6 Å². The third kappa shape index (κ3) is 4.75. The van der Waals surface area contributed by atoms with Crippen LogP contribution in [0.3, 0.4) is 0 Å². The molecule has 2 aromatic rings. The number of aliphatic hydroxyl groups is 1. The second-order valence-corrected chi connectivity index (χ2v) is 9.44. The Morgan fingerprint density at radius 3 is 2.38 bits per heavy atom. The summed E-state index contributed by atoms with van der Waals surface area (Å²) in [5.74, 6) is -2.34. The molecular weight excluding hydrogens is 426 g/mol. The van der Waals surface area contributed by atoms with Crippen LogP contribution >= 0.6 is 11.6 Å². The van der Waals surface area contributed by atoms with Crippen molar-refractivity contribution in [1.29, 1.82) is 0 Å². The zero-order valence-electron chi connectivity index (χ0n) is 15.5. The molecule has 10 heteroatoms. The molecule has 0 saturated carbocycles. The number of piperidine rings is 1. The van der Waals surface area contributed by atoms with Gasteiger partial charge in [-0.15, -0.1) is 0 Å². The van der Waals surface area contributed by atoms with Crippen LogP contribution in [0, 0.1) is 11.6 Å². The molecule has 0 unspecified atom stereocenters. The first kappa shape index (κ1) is 21.6. The van der Waals surface area contributed by atoms with Gasteiger partial charge in [-0.1, -0.05) is 11.6 Å². The zero-order chi connectivity index (χ0) is 21.4. The molecule has 0 radical (unpaired) electrons. The summed E-state index contributed by atoms with van der Waals surface area (Å²) in [6, 6.07) is 6.58. The van der Waals surface area contributed by atoms with Gasteiger partial charge in [-0.2, -0.15) is 4.31 Å². The van der Waals surface area contributed by atoms with E-state index in [1.165, 1.54) is 12.1 Å². The summed E-state index contributed by atoms with van der Waals surface area (Å²) in [6.45, 7) is 1.70. The van der Waals surface area contributed by atoms with E-state index in [2.05, 4.69) is 5.32 Å². The molecule has 1 aliphatic rings. The Bertz CT molecular complexity index is 1050. The first-order valence-electron chi connectivity index (χ1n) is 8.78. The van der Waals surface area contributed by atoms with Gasteiger partial charge in [0.2, 0.25) is 10.0 Å². The smallest absolute Gasteiger partial charge is 0.255 e. The predicted molar refractivity (Wildman–Crippen MR) is 104 cm³/mol. The van der Waals surface area contributed by atoms with Crippen molar-refractivity contribution in [3.8, 4) is 0 Å². The number of carbonyl (C=O) groups excluding carboxylic acids is 1. The third-order valence-electron chi connectivity index (χ3n) is 4.79. The number of nitrogens with one attached hydrogen (secondary N) is 1. The first-order chi connectivity index (χ1) is 13.5. The van der Waals surface area contributed by atoms with Gasteiger partial charge >= 0.3 is 0 Å². The molecule has 0 aliphatic carbocycles. The Morgan fingerprint density at radius 1 is 1.14 bits per heavy atom. The summed E-state index contributed by atoms with van der Waals surface area (Å²) in [5.41, 5.74) is -0.856. The van der Waals surface area contributed by atoms with Crippen molar-refractivity contribution >= 4 is 33.2 Å². The lowest BCUT2D eigenvalue weighted by atomic mass is 9.95. The molecule has 0 aromatic heterocycles. The van der Waals surface area contributed by atoms with Crippen LogP contribution in [0.15, 0.2) is 41.3 Å². The number of halogens is 3. The van der Waals surface area contributed by atoms with Crippen LogP contribution in [0.5, 0.6) is 0 Å². The van der Waals surface area contributed by atoms with Gasteiger partial charge < -0.3 is 10.4 Å². The summed E-state index contributed by atoms with van der Waals surface area (Å²) in [5, 5.41) is 12.3. The van der Waals surface area contributed by atoms with Crippen LogP contribution in [0.2, 0.25) is 5.02 Å². The molecule has 1 fully saturated rings. The summed E-state index contributed by atoms with van der Waals surface area (Å²) in [6.07, 6.45) is 0.443. The van der Waals surface area contributed by atoms with Gasteiger partial charge in [0.15, 0.2) is 0 Å². The molecule has 156 valence electrons. The Morgan fingerprint density at radius 2 is 1.76 bits per heavy atom. The van der Waals surface area contributed by atoms with Crippen molar-refractivity contribution in [2.24, 2.45) is 0 Å². The lowest BCUT2D eigenvalue weighted by Gasteiger charge is -2.35. The minimum absolute atomic E-state index is 0.0409. The Kier molecular flexibility index (Phi) is 5.96. The summed E-state index contributed by atoms with van der Waals surface area (Å²) in [7, 11) is -4.19. The maximum Gasteiger partial charge on any atom is 0.255 e. The van der Waals surface area contributed by atoms with Crippen LogP contribution in [-0.4, -0.2) is 42.4 Å². The summed E-state index contributed by atoms with van der Waals surface area (Å²) in [4.78, 5) is 11.8. The molecule has 29 heavy (non-hydrogen) atoms. The second-order valence-electron chi connectivity index (χ2n) is 7.13. The molecule has 0 spiro atoms. The molecule has 1 saturated heterocycles. The summed E-state index contributed by atoms with van der Waals surface area (Å²) < 4.78 is 54.3. The molecule has 2 aromatic carbocycles. The number of anilines is 1. The predicted octanol–water partition coefficient (Wildman–Crippen LogP) is 3.41. The van der Waals surface area contributed by atoms with Gasteiger partial charge in [0, 0.05) is 24.3 Å². The highest BCUT2D eigenvalue weighted by atomic mass is 35.5. The highest BCUT2D eigenvalue weighted by molar-refractivity contribution is 7.89. The second kappa shape index (κ2) is 7.98. The molecule has 6 nitrogen and oxygen atoms in total. The van der Waals surface area contributed by atoms with Crippen molar-refractivity contribution < 1.29 is 27.1 Å². The molecule has 3 rings (SSSR count). The monoisotopic (exact) mass is 444 g/mol. The highest BCUT2D eigenvalue weighted by Gasteiger charge is 2.35. The first-order valence-corrected chi connectivity index (χ1v) is 10.6. The Labute approximate surface area is 172 Å². The van der Waals surface area contributed by atoms with E-state index in [1.54, 1.807) is 6.92 Å². The van der Waals surface area contributed by atoms with Crippen molar-refractivity contribution in [2.45, 2.75) is 30.3 Å². The third-order valence-corrected chi connectivity index (χ3v) is 6.99. The molecule has 2 N–H and O–H groups in total. The molecule has 0 bridgehead atoms. The van der Waals surface area contributed by atoms with Crippen LogP contribution in [0.1, 0.15) is 30.1 Å². The van der Waals surface area contributed by atoms with Gasteiger partial charge in [-0.3, -0.25) is 4.79 Å². The fraction of sp³-hybridized carbons (Fsp3) is 0.316. The molecule has 1 heterocycles. The fourth-order valence-corrected chi connectivity index (χ4v) is 4.68. The van der Waals surface area contributed by atoms with Gasteiger partial charge in [0.25, 0.3) is 5.91 Å². The lowest BCUT2D eigenvalue weighted by molar-refractivity contribution is 0.0125. The lowest BCUT2D eigenvalue weighted by Crippen LogP contribution is -2.45. The van der Waals surface area contributed by atoms with Crippen LogP contribution in [-0.2, 0) is 10.0 Å². The number of hydrogen-bond donors (Lipinski definition) is 2. The number of nitrogens with zero attached hydrogens (tertiary/aromatic N) is 1. The fourth-order valence-electron chi connectivity index (χ4n) is 2.97. The maximum atomic E-state index is 14.3. The van der Waals surface area contributed by atoms with E-state index in [1.807, 2.05) is 0 Å². The van der Waals surface area contributed by atoms with Gasteiger partial charge in [-0.05, 0) is 56.2 Å². The topological polar surface area (TPSA) is 86.7 Å². The number of carbonyl (C=O) groups is 1. The van der Waals surface area contributed by atoms with E-state index in [0.29, 0.717) is 0 Å². The van der Waals surface area contributed by atoms with Crippen LogP contribution < -0.4 is 5.32 Å².